The molecule has 0 amide bonds. The van der Waals surface area contributed by atoms with Gasteiger partial charge in [-0.15, -0.1) is 10.2 Å². The van der Waals surface area contributed by atoms with E-state index >= 15 is 0 Å². The minimum absolute atomic E-state index is 0.0320. The molecule has 1 aliphatic heterocycles. The number of benzene rings is 1. The number of hydrogen-bond donors (Lipinski definition) is 2. The number of nitrogens with one attached hydrogen (secondary N) is 1. The summed E-state index contributed by atoms with van der Waals surface area (Å²) in [7, 11) is 2.67. The van der Waals surface area contributed by atoms with Crippen molar-refractivity contribution in [3.63, 3.8) is 0 Å². The van der Waals surface area contributed by atoms with E-state index in [0.717, 1.165) is 25.5 Å². The number of aromatic hydroxyl groups is 1. The number of phenols is 1. The van der Waals surface area contributed by atoms with Crippen LogP contribution in [0, 0.1) is 18.3 Å². The van der Waals surface area contributed by atoms with Crippen LogP contribution in [0.4, 0.5) is 19.0 Å². The molecule has 3 rings (SSSR count). The largest absolute Gasteiger partial charge is 0.507 e. The number of nitrogens with zero attached hydrogens (tertiary/aromatic N) is 4. The van der Waals surface area contributed by atoms with Gasteiger partial charge < -0.3 is 24.8 Å². The van der Waals surface area contributed by atoms with Crippen LogP contribution >= 0.6 is 0 Å². The molecule has 9 nitrogen and oxygen atoms in total. The van der Waals surface area contributed by atoms with Gasteiger partial charge in [-0.3, -0.25) is 4.79 Å². The number of likely N-dealkylation sites (tertiary alicyclic amines) is 1. The van der Waals surface area contributed by atoms with Crippen LogP contribution < -0.4 is 5.32 Å². The number of alkyl halides is 3. The van der Waals surface area contributed by atoms with E-state index in [1.165, 1.54) is 14.2 Å². The Morgan fingerprint density at radius 1 is 1.33 bits per heavy atom. The van der Waals surface area contributed by atoms with Crippen LogP contribution in [0.2, 0.25) is 0 Å². The number of esters is 1. The molecule has 2 N–H and O–H groups in total. The second kappa shape index (κ2) is 11.5. The maximum absolute atomic E-state index is 13.3. The lowest BCUT2D eigenvalue weighted by molar-refractivity contribution is -0.141. The number of methoxy groups -OCH3 is 2. The van der Waals surface area contributed by atoms with E-state index in [4.69, 9.17) is 9.47 Å². The number of ether oxygens (including phenoxy) is 2. The smallest absolute Gasteiger partial charge is 0.416 e. The van der Waals surface area contributed by atoms with E-state index < -0.39 is 17.5 Å². The van der Waals surface area contributed by atoms with Crippen molar-refractivity contribution >= 4 is 11.8 Å². The third kappa shape index (κ3) is 6.22. The molecule has 0 bridgehead atoms. The molecular formula is C24H28F3N5O4. The topological polar surface area (TPSA) is 121 Å². The molecule has 1 aliphatic rings. The van der Waals surface area contributed by atoms with Crippen molar-refractivity contribution in [2.45, 2.75) is 45.0 Å². The normalized spacial score (nSPS) is 16.4. The first-order valence-corrected chi connectivity index (χ1v) is 11.3. The number of halogens is 3. The molecule has 0 saturated carbocycles. The van der Waals surface area contributed by atoms with E-state index in [-0.39, 0.29) is 53.2 Å². The Hall–Kier alpha value is -3.43. The monoisotopic (exact) mass is 507 g/mol. The van der Waals surface area contributed by atoms with E-state index in [1.54, 1.807) is 6.92 Å². The van der Waals surface area contributed by atoms with Crippen molar-refractivity contribution in [3.8, 4) is 23.1 Å². The highest BCUT2D eigenvalue weighted by Crippen LogP contribution is 2.40. The van der Waals surface area contributed by atoms with Gasteiger partial charge in [0, 0.05) is 31.8 Å². The predicted octanol–water partition coefficient (Wildman–Crippen LogP) is 3.63. The van der Waals surface area contributed by atoms with E-state index in [0.29, 0.717) is 24.7 Å². The molecule has 0 aliphatic carbocycles. The number of aromatic nitrogens is 2. The van der Waals surface area contributed by atoms with Crippen molar-refractivity contribution < 1.29 is 32.5 Å². The quantitative estimate of drug-likeness (QED) is 0.516. The summed E-state index contributed by atoms with van der Waals surface area (Å²) in [6.07, 6.45) is -2.68. The Bertz CT molecular complexity index is 1150. The Labute approximate surface area is 206 Å². The summed E-state index contributed by atoms with van der Waals surface area (Å²) in [5, 5.41) is 31.9. The molecule has 12 heteroatoms. The first-order chi connectivity index (χ1) is 17.1. The molecule has 194 valence electrons. The summed E-state index contributed by atoms with van der Waals surface area (Å²) in [5.74, 6) is -0.668. The first-order valence-electron chi connectivity index (χ1n) is 11.3. The van der Waals surface area contributed by atoms with Gasteiger partial charge in [0.15, 0.2) is 5.82 Å². The van der Waals surface area contributed by atoms with Crippen LogP contribution in [0.1, 0.15) is 41.5 Å². The lowest BCUT2D eigenvalue weighted by Crippen LogP contribution is -2.43. The Morgan fingerprint density at radius 2 is 2.08 bits per heavy atom. The third-order valence-corrected chi connectivity index (χ3v) is 6.10. The highest BCUT2D eigenvalue weighted by Gasteiger charge is 2.33. The summed E-state index contributed by atoms with van der Waals surface area (Å²) in [6, 6.07) is 3.56. The molecule has 2 aromatic rings. The first kappa shape index (κ1) is 27.2. The summed E-state index contributed by atoms with van der Waals surface area (Å²) >= 11 is 0. The van der Waals surface area contributed by atoms with Crippen molar-refractivity contribution in [2.75, 3.05) is 39.2 Å². The molecule has 0 radical (unpaired) electrons. The Kier molecular flexibility index (Phi) is 8.70. The fourth-order valence-corrected chi connectivity index (χ4v) is 4.31. The number of rotatable bonds is 8. The summed E-state index contributed by atoms with van der Waals surface area (Å²) in [4.78, 5) is 13.6. The SMILES string of the molecule is COCc1cc(C(F)(F)F)cc(O)c1-c1nnc(N[C@@H]2CCCN(CCC(=O)OC)C2)c(C#N)c1C. The number of phenolic OH excluding ortho intramolecular Hbond substituents is 1. The molecular weight excluding hydrogens is 479 g/mol. The molecule has 0 unspecified atom stereocenters. The maximum atomic E-state index is 13.3. The number of carbonyl (C=O) groups excluding carboxylic acids is 1. The van der Waals surface area contributed by atoms with Crippen LogP contribution in [0.25, 0.3) is 11.3 Å². The number of nitriles is 1. The van der Waals surface area contributed by atoms with Crippen molar-refractivity contribution in [2.24, 2.45) is 0 Å². The second-order valence-corrected chi connectivity index (χ2v) is 8.58. The summed E-state index contributed by atoms with van der Waals surface area (Å²) < 4.78 is 49.6. The van der Waals surface area contributed by atoms with Crippen molar-refractivity contribution in [1.82, 2.24) is 15.1 Å². The summed E-state index contributed by atoms with van der Waals surface area (Å²) in [5.41, 5.74) is -0.284. The van der Waals surface area contributed by atoms with Gasteiger partial charge in [-0.1, -0.05) is 0 Å². The molecule has 1 saturated heterocycles. The number of carbonyl (C=O) groups is 1. The molecule has 1 aromatic carbocycles. The number of piperidine rings is 1. The van der Waals surface area contributed by atoms with Crippen LogP contribution in [0.15, 0.2) is 12.1 Å². The van der Waals surface area contributed by atoms with Gasteiger partial charge in [0.1, 0.15) is 23.1 Å². The average molecular weight is 508 g/mol. The van der Waals surface area contributed by atoms with Crippen LogP contribution in [-0.2, 0) is 27.1 Å². The average Bonchev–Trinajstić information content (AvgIpc) is 2.83. The van der Waals surface area contributed by atoms with E-state index in [9.17, 15) is 28.3 Å². The molecule has 1 fully saturated rings. The lowest BCUT2D eigenvalue weighted by Gasteiger charge is -2.33. The van der Waals surface area contributed by atoms with Gasteiger partial charge in [0.2, 0.25) is 0 Å². The predicted molar refractivity (Wildman–Crippen MR) is 124 cm³/mol. The summed E-state index contributed by atoms with van der Waals surface area (Å²) in [6.45, 7) is 3.40. The zero-order valence-corrected chi connectivity index (χ0v) is 20.3. The molecule has 36 heavy (non-hydrogen) atoms. The minimum atomic E-state index is -4.66. The fourth-order valence-electron chi connectivity index (χ4n) is 4.31. The highest BCUT2D eigenvalue weighted by atomic mass is 19.4. The number of anilines is 1. The van der Waals surface area contributed by atoms with Gasteiger partial charge in [0.05, 0.1) is 25.7 Å². The number of hydrogen-bond acceptors (Lipinski definition) is 9. The zero-order chi connectivity index (χ0) is 26.5. The minimum Gasteiger partial charge on any atom is -0.507 e. The lowest BCUT2D eigenvalue weighted by atomic mass is 9.95. The Balaban J connectivity index is 1.91. The van der Waals surface area contributed by atoms with Crippen molar-refractivity contribution in [1.29, 1.82) is 5.26 Å². The van der Waals surface area contributed by atoms with E-state index in [1.807, 2.05) is 0 Å². The maximum Gasteiger partial charge on any atom is 0.416 e. The van der Waals surface area contributed by atoms with Gasteiger partial charge in [-0.2, -0.15) is 18.4 Å². The molecule has 1 atom stereocenters. The molecule has 2 heterocycles. The third-order valence-electron chi connectivity index (χ3n) is 6.10. The van der Waals surface area contributed by atoms with Gasteiger partial charge in [-0.25, -0.2) is 0 Å². The fraction of sp³-hybridized carbons (Fsp3) is 0.500. The van der Waals surface area contributed by atoms with Crippen LogP contribution in [-0.4, -0.2) is 66.1 Å². The Morgan fingerprint density at radius 3 is 2.72 bits per heavy atom. The highest BCUT2D eigenvalue weighted by molar-refractivity contribution is 5.77. The second-order valence-electron chi connectivity index (χ2n) is 8.58. The van der Waals surface area contributed by atoms with Gasteiger partial charge in [-0.05, 0) is 49.6 Å². The van der Waals surface area contributed by atoms with Gasteiger partial charge in [0.25, 0.3) is 0 Å². The molecule has 0 spiro atoms. The van der Waals surface area contributed by atoms with Gasteiger partial charge >= 0.3 is 12.1 Å². The standard InChI is InChI=1S/C24H28F3N5O4/c1-14-18(11-28)23(29-17-5-4-7-32(12-17)8-6-20(34)36-3)31-30-22(14)21-15(13-35-2)9-16(10-19(21)33)24(25,26)27/h9-10,17,33H,4-8,12-13H2,1-3H3,(H,29,31)/t17-/m1/s1. The van der Waals surface area contributed by atoms with Crippen molar-refractivity contribution in [3.05, 3.63) is 34.4 Å². The van der Waals surface area contributed by atoms with E-state index in [2.05, 4.69) is 26.5 Å². The van der Waals surface area contributed by atoms with Crippen LogP contribution in [0.3, 0.4) is 0 Å². The molecule has 1 aromatic heterocycles. The van der Waals surface area contributed by atoms with Crippen LogP contribution in [0.5, 0.6) is 5.75 Å². The zero-order valence-electron chi connectivity index (χ0n) is 20.3.